The van der Waals surface area contributed by atoms with Crippen molar-refractivity contribution in [1.82, 2.24) is 5.32 Å². The molecule has 2 amide bonds. The molecule has 0 aliphatic rings. The van der Waals surface area contributed by atoms with Crippen LogP contribution in [0.3, 0.4) is 0 Å². The fourth-order valence-corrected chi connectivity index (χ4v) is 2.71. The Morgan fingerprint density at radius 3 is 2.04 bits per heavy atom. The Morgan fingerprint density at radius 1 is 0.821 bits per heavy atom. The highest BCUT2D eigenvalue weighted by Gasteiger charge is 2.13. The van der Waals surface area contributed by atoms with E-state index in [-0.39, 0.29) is 11.4 Å². The van der Waals surface area contributed by atoms with Gasteiger partial charge in [0.25, 0.3) is 0 Å². The van der Waals surface area contributed by atoms with Crippen LogP contribution in [0.1, 0.15) is 31.9 Å². The summed E-state index contributed by atoms with van der Waals surface area (Å²) < 4.78 is 5.77. The average molecular weight is 374 g/mol. The standard InChI is InChI=1S/C24H26N2O2/c1-24(2,3)19-11-13-20(14-12-19)26-23(27)25-17-18-9-15-22(16-10-18)28-21-7-5-4-6-8-21/h4-16H,17H2,1-3H3,(H2,25,26,27). The van der Waals surface area contributed by atoms with E-state index in [4.69, 9.17) is 4.74 Å². The van der Waals surface area contributed by atoms with E-state index in [2.05, 4.69) is 31.4 Å². The van der Waals surface area contributed by atoms with Crippen LogP contribution >= 0.6 is 0 Å². The third-order valence-corrected chi connectivity index (χ3v) is 4.36. The highest BCUT2D eigenvalue weighted by atomic mass is 16.5. The van der Waals surface area contributed by atoms with Gasteiger partial charge in [-0.05, 0) is 52.9 Å². The molecule has 0 heterocycles. The number of carbonyl (C=O) groups excluding carboxylic acids is 1. The molecule has 0 aliphatic heterocycles. The molecule has 0 aliphatic carbocycles. The first-order valence-corrected chi connectivity index (χ1v) is 9.37. The van der Waals surface area contributed by atoms with Crippen molar-refractivity contribution >= 4 is 11.7 Å². The van der Waals surface area contributed by atoms with E-state index >= 15 is 0 Å². The lowest BCUT2D eigenvalue weighted by Crippen LogP contribution is -2.28. The Hall–Kier alpha value is -3.27. The molecule has 3 aromatic carbocycles. The SMILES string of the molecule is CC(C)(C)c1ccc(NC(=O)NCc2ccc(Oc3ccccc3)cc2)cc1. The lowest BCUT2D eigenvalue weighted by Gasteiger charge is -2.19. The zero-order valence-corrected chi connectivity index (χ0v) is 16.5. The fraction of sp³-hybridized carbons (Fsp3) is 0.208. The molecule has 0 radical (unpaired) electrons. The molecule has 0 atom stereocenters. The van der Waals surface area contributed by atoms with Crippen molar-refractivity contribution in [2.45, 2.75) is 32.7 Å². The first-order valence-electron chi connectivity index (χ1n) is 9.37. The van der Waals surface area contributed by atoms with Crippen molar-refractivity contribution in [3.8, 4) is 11.5 Å². The monoisotopic (exact) mass is 374 g/mol. The van der Waals surface area contributed by atoms with Crippen LogP contribution in [-0.2, 0) is 12.0 Å². The molecular formula is C24H26N2O2. The number of rotatable bonds is 5. The summed E-state index contributed by atoms with van der Waals surface area (Å²) in [5.41, 5.74) is 3.10. The van der Waals surface area contributed by atoms with Crippen LogP contribution in [0.4, 0.5) is 10.5 Å². The minimum Gasteiger partial charge on any atom is -0.457 e. The Kier molecular flexibility index (Phi) is 5.99. The average Bonchev–Trinajstić information content (AvgIpc) is 2.68. The number of hydrogen-bond acceptors (Lipinski definition) is 2. The van der Waals surface area contributed by atoms with Gasteiger partial charge in [0, 0.05) is 12.2 Å². The quantitative estimate of drug-likeness (QED) is 0.567. The van der Waals surface area contributed by atoms with Crippen LogP contribution in [0, 0.1) is 0 Å². The molecule has 0 saturated carbocycles. The summed E-state index contributed by atoms with van der Waals surface area (Å²) in [5, 5.41) is 5.73. The second-order valence-electron chi connectivity index (χ2n) is 7.69. The van der Waals surface area contributed by atoms with E-state index in [1.165, 1.54) is 5.56 Å². The van der Waals surface area contributed by atoms with Gasteiger partial charge in [0.2, 0.25) is 0 Å². The second kappa shape index (κ2) is 8.61. The number of nitrogens with one attached hydrogen (secondary N) is 2. The normalized spacial score (nSPS) is 11.0. The van der Waals surface area contributed by atoms with Gasteiger partial charge < -0.3 is 15.4 Å². The maximum absolute atomic E-state index is 12.1. The van der Waals surface area contributed by atoms with Crippen LogP contribution in [-0.4, -0.2) is 6.03 Å². The van der Waals surface area contributed by atoms with Crippen molar-refractivity contribution in [3.63, 3.8) is 0 Å². The molecule has 0 spiro atoms. The Morgan fingerprint density at radius 2 is 1.43 bits per heavy atom. The molecule has 4 heteroatoms. The Balaban J connectivity index is 1.49. The summed E-state index contributed by atoms with van der Waals surface area (Å²) in [6.07, 6.45) is 0. The predicted molar refractivity (Wildman–Crippen MR) is 114 cm³/mol. The zero-order valence-electron chi connectivity index (χ0n) is 16.5. The topological polar surface area (TPSA) is 50.4 Å². The minimum atomic E-state index is -0.229. The third kappa shape index (κ3) is 5.61. The van der Waals surface area contributed by atoms with Gasteiger partial charge in [-0.3, -0.25) is 0 Å². The smallest absolute Gasteiger partial charge is 0.319 e. The number of amides is 2. The summed E-state index contributed by atoms with van der Waals surface area (Å²) in [4.78, 5) is 12.1. The van der Waals surface area contributed by atoms with E-state index < -0.39 is 0 Å². The maximum Gasteiger partial charge on any atom is 0.319 e. The van der Waals surface area contributed by atoms with Crippen LogP contribution < -0.4 is 15.4 Å². The largest absolute Gasteiger partial charge is 0.457 e. The van der Waals surface area contributed by atoms with Crippen LogP contribution in [0.25, 0.3) is 0 Å². The van der Waals surface area contributed by atoms with Gasteiger partial charge in [0.1, 0.15) is 11.5 Å². The summed E-state index contributed by atoms with van der Waals surface area (Å²) in [5.74, 6) is 1.56. The molecule has 0 aromatic heterocycles. The number of hydrogen-bond donors (Lipinski definition) is 2. The number of benzene rings is 3. The van der Waals surface area contributed by atoms with Gasteiger partial charge in [-0.15, -0.1) is 0 Å². The van der Waals surface area contributed by atoms with Crippen molar-refractivity contribution < 1.29 is 9.53 Å². The van der Waals surface area contributed by atoms with Gasteiger partial charge in [-0.1, -0.05) is 63.2 Å². The second-order valence-corrected chi connectivity index (χ2v) is 7.69. The van der Waals surface area contributed by atoms with E-state index in [0.29, 0.717) is 6.54 Å². The first-order chi connectivity index (χ1) is 13.4. The molecule has 0 bridgehead atoms. The maximum atomic E-state index is 12.1. The molecule has 0 saturated heterocycles. The molecular weight excluding hydrogens is 348 g/mol. The van der Waals surface area contributed by atoms with Crippen LogP contribution in [0.2, 0.25) is 0 Å². The van der Waals surface area contributed by atoms with Gasteiger partial charge in [0.05, 0.1) is 0 Å². The van der Waals surface area contributed by atoms with Crippen molar-refractivity contribution in [1.29, 1.82) is 0 Å². The predicted octanol–water partition coefficient (Wildman–Crippen LogP) is 6.10. The number of para-hydroxylation sites is 1. The Bertz CT molecular complexity index is 896. The van der Waals surface area contributed by atoms with Crippen molar-refractivity contribution in [3.05, 3.63) is 90.0 Å². The highest BCUT2D eigenvalue weighted by Crippen LogP contribution is 2.23. The lowest BCUT2D eigenvalue weighted by atomic mass is 9.87. The van der Waals surface area contributed by atoms with Crippen LogP contribution in [0.5, 0.6) is 11.5 Å². The number of carbonyl (C=O) groups is 1. The lowest BCUT2D eigenvalue weighted by molar-refractivity contribution is 0.251. The molecule has 0 fully saturated rings. The number of urea groups is 1. The van der Waals surface area contributed by atoms with Crippen molar-refractivity contribution in [2.24, 2.45) is 0 Å². The first kappa shape index (κ1) is 19.5. The molecule has 144 valence electrons. The third-order valence-electron chi connectivity index (χ3n) is 4.36. The summed E-state index contributed by atoms with van der Waals surface area (Å²) >= 11 is 0. The van der Waals surface area contributed by atoms with Gasteiger partial charge in [-0.25, -0.2) is 4.79 Å². The molecule has 4 nitrogen and oxygen atoms in total. The minimum absolute atomic E-state index is 0.0944. The number of ether oxygens (including phenoxy) is 1. The van der Waals surface area contributed by atoms with Crippen molar-refractivity contribution in [2.75, 3.05) is 5.32 Å². The molecule has 2 N–H and O–H groups in total. The van der Waals surface area contributed by atoms with Gasteiger partial charge in [-0.2, -0.15) is 0 Å². The molecule has 0 unspecified atom stereocenters. The Labute approximate surface area is 166 Å². The highest BCUT2D eigenvalue weighted by molar-refractivity contribution is 5.89. The van der Waals surface area contributed by atoms with E-state index in [0.717, 1.165) is 22.7 Å². The van der Waals surface area contributed by atoms with E-state index in [9.17, 15) is 4.79 Å². The van der Waals surface area contributed by atoms with Gasteiger partial charge >= 0.3 is 6.03 Å². The number of anilines is 1. The van der Waals surface area contributed by atoms with E-state index in [1.54, 1.807) is 0 Å². The summed E-state index contributed by atoms with van der Waals surface area (Å²) in [7, 11) is 0. The zero-order chi connectivity index (χ0) is 20.0. The molecule has 3 rings (SSSR count). The van der Waals surface area contributed by atoms with E-state index in [1.807, 2.05) is 78.9 Å². The summed E-state index contributed by atoms with van der Waals surface area (Å²) in [6.45, 7) is 6.94. The molecule has 3 aromatic rings. The summed E-state index contributed by atoms with van der Waals surface area (Å²) in [6, 6.07) is 25.0. The fourth-order valence-electron chi connectivity index (χ4n) is 2.71. The molecule has 28 heavy (non-hydrogen) atoms. The van der Waals surface area contributed by atoms with Crippen LogP contribution in [0.15, 0.2) is 78.9 Å². The van der Waals surface area contributed by atoms with Gasteiger partial charge in [0.15, 0.2) is 0 Å².